The van der Waals surface area contributed by atoms with E-state index in [4.69, 9.17) is 21.1 Å². The van der Waals surface area contributed by atoms with Gasteiger partial charge in [0.2, 0.25) is 0 Å². The first-order chi connectivity index (χ1) is 13.0. The van der Waals surface area contributed by atoms with Gasteiger partial charge in [0.05, 0.1) is 29.5 Å². The van der Waals surface area contributed by atoms with Gasteiger partial charge in [0.15, 0.2) is 11.5 Å². The highest BCUT2D eigenvalue weighted by Gasteiger charge is 2.18. The average Bonchev–Trinajstić information content (AvgIpc) is 2.90. The van der Waals surface area contributed by atoms with Gasteiger partial charge >= 0.3 is 0 Å². The lowest BCUT2D eigenvalue weighted by Crippen LogP contribution is -2.21. The Balaban J connectivity index is 1.73. The molecule has 3 aromatic rings. The van der Waals surface area contributed by atoms with Crippen LogP contribution in [0.4, 0.5) is 5.69 Å². The fourth-order valence-electron chi connectivity index (χ4n) is 3.07. The number of aromatic nitrogens is 1. The minimum absolute atomic E-state index is 0.157. The second kappa shape index (κ2) is 6.96. The van der Waals surface area contributed by atoms with Gasteiger partial charge in [0, 0.05) is 42.6 Å². The van der Waals surface area contributed by atoms with E-state index in [1.54, 1.807) is 43.4 Å². The number of nitrogens with one attached hydrogen (secondary N) is 1. The third kappa shape index (κ3) is 3.24. The van der Waals surface area contributed by atoms with Crippen molar-refractivity contribution < 1.29 is 14.3 Å². The molecule has 0 aliphatic carbocycles. The van der Waals surface area contributed by atoms with Crippen molar-refractivity contribution >= 4 is 34.0 Å². The molecule has 0 bridgehead atoms. The minimum Gasteiger partial charge on any atom is -0.490 e. The SMILES string of the molecule is Cn1cc(C(=O)Nc2cc3c(cc2Cl)OCCCO3)c2ccccc2c1=O. The number of hydrogen-bond acceptors (Lipinski definition) is 4. The van der Waals surface area contributed by atoms with Gasteiger partial charge in [0.1, 0.15) is 0 Å². The van der Waals surface area contributed by atoms with Crippen molar-refractivity contribution in [1.29, 1.82) is 0 Å². The molecule has 1 aromatic heterocycles. The third-order valence-corrected chi connectivity index (χ3v) is 4.73. The maximum Gasteiger partial charge on any atom is 0.258 e. The second-order valence-corrected chi connectivity index (χ2v) is 6.70. The predicted molar refractivity (Wildman–Crippen MR) is 104 cm³/mol. The first kappa shape index (κ1) is 17.4. The predicted octanol–water partition coefficient (Wildman–Crippen LogP) is 3.61. The molecule has 7 heteroatoms. The van der Waals surface area contributed by atoms with Gasteiger partial charge in [-0.25, -0.2) is 0 Å². The number of carbonyl (C=O) groups is 1. The van der Waals surface area contributed by atoms with Crippen LogP contribution in [0.2, 0.25) is 5.02 Å². The van der Waals surface area contributed by atoms with E-state index in [9.17, 15) is 9.59 Å². The van der Waals surface area contributed by atoms with Crippen molar-refractivity contribution in [3.8, 4) is 11.5 Å². The zero-order valence-corrected chi connectivity index (χ0v) is 15.4. The summed E-state index contributed by atoms with van der Waals surface area (Å²) in [7, 11) is 1.62. The lowest BCUT2D eigenvalue weighted by atomic mass is 10.1. The third-order valence-electron chi connectivity index (χ3n) is 4.42. The van der Waals surface area contributed by atoms with E-state index in [-0.39, 0.29) is 11.5 Å². The molecule has 1 aliphatic rings. The highest BCUT2D eigenvalue weighted by Crippen LogP contribution is 2.38. The van der Waals surface area contributed by atoms with Crippen LogP contribution in [0.25, 0.3) is 10.8 Å². The number of ether oxygens (including phenoxy) is 2. The fourth-order valence-corrected chi connectivity index (χ4v) is 3.27. The van der Waals surface area contributed by atoms with Crippen LogP contribution in [-0.2, 0) is 7.05 Å². The van der Waals surface area contributed by atoms with E-state index in [0.717, 1.165) is 6.42 Å². The molecular weight excluding hydrogens is 368 g/mol. The van der Waals surface area contributed by atoms with Crippen molar-refractivity contribution in [1.82, 2.24) is 4.57 Å². The largest absolute Gasteiger partial charge is 0.490 e. The summed E-state index contributed by atoms with van der Waals surface area (Å²) in [6.07, 6.45) is 2.30. The molecule has 1 aliphatic heterocycles. The maximum absolute atomic E-state index is 12.9. The Labute approximate surface area is 160 Å². The second-order valence-electron chi connectivity index (χ2n) is 6.29. The summed E-state index contributed by atoms with van der Waals surface area (Å²) in [6, 6.07) is 10.3. The summed E-state index contributed by atoms with van der Waals surface area (Å²) in [5, 5.41) is 4.23. The number of aryl methyl sites for hydroxylation is 1. The molecule has 0 saturated heterocycles. The van der Waals surface area contributed by atoms with Crippen LogP contribution >= 0.6 is 11.6 Å². The van der Waals surface area contributed by atoms with E-state index >= 15 is 0 Å². The molecule has 0 spiro atoms. The van der Waals surface area contributed by atoms with Crippen LogP contribution in [-0.4, -0.2) is 23.7 Å². The topological polar surface area (TPSA) is 69.6 Å². The van der Waals surface area contributed by atoms with Crippen molar-refractivity contribution in [2.24, 2.45) is 7.05 Å². The molecule has 138 valence electrons. The average molecular weight is 385 g/mol. The van der Waals surface area contributed by atoms with Crippen molar-refractivity contribution in [3.05, 3.63) is 63.5 Å². The van der Waals surface area contributed by atoms with Crippen molar-refractivity contribution in [2.45, 2.75) is 6.42 Å². The summed E-state index contributed by atoms with van der Waals surface area (Å²) in [5.41, 5.74) is 0.649. The van der Waals surface area contributed by atoms with Crippen LogP contribution in [0.15, 0.2) is 47.4 Å². The van der Waals surface area contributed by atoms with Gasteiger partial charge in [-0.2, -0.15) is 0 Å². The minimum atomic E-state index is -0.363. The van der Waals surface area contributed by atoms with Crippen molar-refractivity contribution in [3.63, 3.8) is 0 Å². The van der Waals surface area contributed by atoms with E-state index in [2.05, 4.69) is 5.32 Å². The fraction of sp³-hybridized carbons (Fsp3) is 0.200. The Hall–Kier alpha value is -2.99. The van der Waals surface area contributed by atoms with Crippen LogP contribution in [0.1, 0.15) is 16.8 Å². The molecule has 4 rings (SSSR count). The summed E-state index contributed by atoms with van der Waals surface area (Å²) < 4.78 is 12.7. The molecular formula is C20H17ClN2O4. The summed E-state index contributed by atoms with van der Waals surface area (Å²) in [5.74, 6) is 0.735. The summed E-state index contributed by atoms with van der Waals surface area (Å²) in [4.78, 5) is 25.2. The number of rotatable bonds is 2. The Morgan fingerprint density at radius 3 is 2.52 bits per heavy atom. The molecule has 0 atom stereocenters. The number of hydrogen-bond donors (Lipinski definition) is 1. The number of halogens is 1. The first-order valence-electron chi connectivity index (χ1n) is 8.53. The quantitative estimate of drug-likeness (QED) is 0.732. The summed E-state index contributed by atoms with van der Waals surface area (Å²) in [6.45, 7) is 1.09. The number of nitrogens with zero attached hydrogens (tertiary/aromatic N) is 1. The molecule has 1 N–H and O–H groups in total. The van der Waals surface area contributed by atoms with Gasteiger partial charge in [0.25, 0.3) is 11.5 Å². The highest BCUT2D eigenvalue weighted by atomic mass is 35.5. The monoisotopic (exact) mass is 384 g/mol. The number of pyridine rings is 1. The smallest absolute Gasteiger partial charge is 0.258 e. The number of amides is 1. The lowest BCUT2D eigenvalue weighted by Gasteiger charge is -2.14. The van der Waals surface area contributed by atoms with Gasteiger partial charge in [-0.15, -0.1) is 0 Å². The standard InChI is InChI=1S/C20H17ClN2O4/c1-23-11-14(12-5-2-3-6-13(12)20(23)25)19(24)22-16-10-18-17(9-15(16)21)26-7-4-8-27-18/h2-3,5-6,9-11H,4,7-8H2,1H3,(H,22,24). The van der Waals surface area contributed by atoms with Crippen LogP contribution in [0, 0.1) is 0 Å². The lowest BCUT2D eigenvalue weighted by molar-refractivity contribution is 0.102. The van der Waals surface area contributed by atoms with E-state index < -0.39 is 0 Å². The molecule has 2 aromatic carbocycles. The van der Waals surface area contributed by atoms with E-state index in [1.807, 2.05) is 0 Å². The molecule has 1 amide bonds. The van der Waals surface area contributed by atoms with Gasteiger partial charge in [-0.3, -0.25) is 9.59 Å². The van der Waals surface area contributed by atoms with E-state index in [0.29, 0.717) is 51.8 Å². The molecule has 27 heavy (non-hydrogen) atoms. The van der Waals surface area contributed by atoms with Gasteiger partial charge < -0.3 is 19.4 Å². The summed E-state index contributed by atoms with van der Waals surface area (Å²) >= 11 is 6.32. The van der Waals surface area contributed by atoms with Crippen LogP contribution in [0.5, 0.6) is 11.5 Å². The molecule has 6 nitrogen and oxygen atoms in total. The molecule has 0 fully saturated rings. The number of benzene rings is 2. The zero-order chi connectivity index (χ0) is 19.0. The molecule has 0 saturated carbocycles. The van der Waals surface area contributed by atoms with Crippen LogP contribution in [0.3, 0.4) is 0 Å². The Morgan fingerprint density at radius 1 is 1.11 bits per heavy atom. The Bertz CT molecular complexity index is 1110. The number of fused-ring (bicyclic) bond motifs is 2. The normalized spacial score (nSPS) is 13.3. The highest BCUT2D eigenvalue weighted by molar-refractivity contribution is 6.34. The Kier molecular flexibility index (Phi) is 4.49. The van der Waals surface area contributed by atoms with Gasteiger partial charge in [-0.05, 0) is 6.07 Å². The molecule has 0 radical (unpaired) electrons. The molecule has 2 heterocycles. The molecule has 0 unspecified atom stereocenters. The van der Waals surface area contributed by atoms with Crippen LogP contribution < -0.4 is 20.3 Å². The number of carbonyl (C=O) groups excluding carboxylic acids is 1. The van der Waals surface area contributed by atoms with Gasteiger partial charge in [-0.1, -0.05) is 29.8 Å². The van der Waals surface area contributed by atoms with Crippen molar-refractivity contribution in [2.75, 3.05) is 18.5 Å². The van der Waals surface area contributed by atoms with E-state index in [1.165, 1.54) is 10.8 Å². The first-order valence-corrected chi connectivity index (χ1v) is 8.91. The maximum atomic E-state index is 12.9. The zero-order valence-electron chi connectivity index (χ0n) is 14.6. The number of anilines is 1. The Morgan fingerprint density at radius 2 is 1.78 bits per heavy atom.